The molecular weight excluding hydrogens is 266 g/mol. The number of nitrogens with one attached hydrogen (secondary N) is 1. The Balaban J connectivity index is 1.87. The first-order valence-corrected chi connectivity index (χ1v) is 7.61. The van der Waals surface area contributed by atoms with Crippen molar-refractivity contribution in [2.45, 2.75) is 38.3 Å². The number of H-pyrrole nitrogens is 1. The fraction of sp³-hybridized carbons (Fsp3) is 0.500. The number of hydrogen-bond donors (Lipinski definition) is 2. The minimum absolute atomic E-state index is 0.113. The van der Waals surface area contributed by atoms with Crippen molar-refractivity contribution in [2.75, 3.05) is 13.2 Å². The van der Waals surface area contributed by atoms with Crippen LogP contribution < -0.4 is 5.56 Å². The molecule has 1 aliphatic rings. The van der Waals surface area contributed by atoms with E-state index < -0.39 is 0 Å². The zero-order valence-corrected chi connectivity index (χ0v) is 12.1. The summed E-state index contributed by atoms with van der Waals surface area (Å²) in [6.45, 7) is 1.21. The van der Waals surface area contributed by atoms with Gasteiger partial charge in [-0.3, -0.25) is 9.69 Å². The average Bonchev–Trinajstić information content (AvgIpc) is 3.01. The SMILES string of the molecule is O=c1[nH]c2ccccc2nc1CN(CCO)C1CCCC1. The Labute approximate surface area is 123 Å². The molecule has 1 aromatic carbocycles. The third kappa shape index (κ3) is 3.14. The molecule has 0 aliphatic heterocycles. The van der Waals surface area contributed by atoms with Crippen LogP contribution in [0.5, 0.6) is 0 Å². The molecule has 1 saturated carbocycles. The van der Waals surface area contributed by atoms with Gasteiger partial charge in [-0.2, -0.15) is 0 Å². The van der Waals surface area contributed by atoms with Gasteiger partial charge in [0.1, 0.15) is 5.69 Å². The molecule has 0 unspecified atom stereocenters. The van der Waals surface area contributed by atoms with E-state index in [9.17, 15) is 9.90 Å². The topological polar surface area (TPSA) is 69.2 Å². The van der Waals surface area contributed by atoms with Gasteiger partial charge in [0.25, 0.3) is 5.56 Å². The minimum Gasteiger partial charge on any atom is -0.395 e. The van der Waals surface area contributed by atoms with Gasteiger partial charge in [-0.1, -0.05) is 25.0 Å². The van der Waals surface area contributed by atoms with Crippen LogP contribution in [0.15, 0.2) is 29.1 Å². The van der Waals surface area contributed by atoms with E-state index in [1.807, 2.05) is 24.3 Å². The molecule has 3 rings (SSSR count). The number of nitrogens with zero attached hydrogens (tertiary/aromatic N) is 2. The van der Waals surface area contributed by atoms with Crippen LogP contribution in [-0.4, -0.2) is 39.2 Å². The van der Waals surface area contributed by atoms with Crippen molar-refractivity contribution in [3.63, 3.8) is 0 Å². The number of aliphatic hydroxyl groups excluding tert-OH is 1. The lowest BCUT2D eigenvalue weighted by Gasteiger charge is -2.27. The maximum absolute atomic E-state index is 12.2. The van der Waals surface area contributed by atoms with Crippen LogP contribution in [0.3, 0.4) is 0 Å². The highest BCUT2D eigenvalue weighted by molar-refractivity contribution is 5.73. The molecule has 5 heteroatoms. The Bertz CT molecular complexity index is 662. The van der Waals surface area contributed by atoms with Crippen molar-refractivity contribution < 1.29 is 5.11 Å². The fourth-order valence-electron chi connectivity index (χ4n) is 3.16. The van der Waals surface area contributed by atoms with Crippen molar-refractivity contribution in [2.24, 2.45) is 0 Å². The summed E-state index contributed by atoms with van der Waals surface area (Å²) in [7, 11) is 0. The van der Waals surface area contributed by atoms with Crippen molar-refractivity contribution in [1.29, 1.82) is 0 Å². The third-order valence-corrected chi connectivity index (χ3v) is 4.25. The average molecular weight is 287 g/mol. The van der Waals surface area contributed by atoms with Gasteiger partial charge in [-0.05, 0) is 25.0 Å². The maximum atomic E-state index is 12.2. The summed E-state index contributed by atoms with van der Waals surface area (Å²) in [6, 6.07) is 8.03. The van der Waals surface area contributed by atoms with Gasteiger partial charge in [-0.15, -0.1) is 0 Å². The Morgan fingerprint density at radius 1 is 1.29 bits per heavy atom. The molecule has 1 aliphatic carbocycles. The van der Waals surface area contributed by atoms with E-state index in [0.29, 0.717) is 24.8 Å². The Morgan fingerprint density at radius 3 is 2.81 bits per heavy atom. The van der Waals surface area contributed by atoms with E-state index in [1.54, 1.807) is 0 Å². The molecule has 0 bridgehead atoms. The van der Waals surface area contributed by atoms with Crippen LogP contribution in [-0.2, 0) is 6.54 Å². The quantitative estimate of drug-likeness (QED) is 0.877. The highest BCUT2D eigenvalue weighted by Gasteiger charge is 2.23. The molecule has 1 heterocycles. The predicted molar refractivity (Wildman–Crippen MR) is 82.1 cm³/mol. The van der Waals surface area contributed by atoms with Crippen LogP contribution in [0.25, 0.3) is 11.0 Å². The molecule has 1 aromatic heterocycles. The molecule has 0 atom stereocenters. The molecule has 0 saturated heterocycles. The van der Waals surface area contributed by atoms with Gasteiger partial charge in [0.05, 0.1) is 17.6 Å². The summed E-state index contributed by atoms with van der Waals surface area (Å²) in [5, 5.41) is 9.27. The molecule has 0 amide bonds. The number of aromatic nitrogens is 2. The van der Waals surface area contributed by atoms with Gasteiger partial charge in [0.2, 0.25) is 0 Å². The lowest BCUT2D eigenvalue weighted by atomic mass is 10.2. The van der Waals surface area contributed by atoms with Gasteiger partial charge >= 0.3 is 0 Å². The van der Waals surface area contributed by atoms with Crippen molar-refractivity contribution in [3.05, 3.63) is 40.3 Å². The molecule has 2 N–H and O–H groups in total. The number of rotatable bonds is 5. The van der Waals surface area contributed by atoms with E-state index in [4.69, 9.17) is 0 Å². The largest absolute Gasteiger partial charge is 0.395 e. The molecule has 5 nitrogen and oxygen atoms in total. The maximum Gasteiger partial charge on any atom is 0.271 e. The number of para-hydroxylation sites is 2. The van der Waals surface area contributed by atoms with Crippen molar-refractivity contribution in [3.8, 4) is 0 Å². The summed E-state index contributed by atoms with van der Waals surface area (Å²) in [4.78, 5) is 21.8. The molecule has 2 aromatic rings. The second-order valence-electron chi connectivity index (χ2n) is 5.66. The van der Waals surface area contributed by atoms with Gasteiger partial charge in [0.15, 0.2) is 0 Å². The first-order valence-electron chi connectivity index (χ1n) is 7.61. The van der Waals surface area contributed by atoms with Crippen LogP contribution in [0.4, 0.5) is 0 Å². The standard InChI is InChI=1S/C16H21N3O2/c20-10-9-19(12-5-1-2-6-12)11-15-16(21)18-14-8-4-3-7-13(14)17-15/h3-4,7-8,12,20H,1-2,5-6,9-11H2,(H,18,21). The van der Waals surface area contributed by atoms with E-state index in [0.717, 1.165) is 23.9 Å². The highest BCUT2D eigenvalue weighted by atomic mass is 16.3. The molecular formula is C16H21N3O2. The Hall–Kier alpha value is -1.72. The smallest absolute Gasteiger partial charge is 0.271 e. The summed E-state index contributed by atoms with van der Waals surface area (Å²) in [5.74, 6) is 0. The first-order chi connectivity index (χ1) is 10.3. The number of fused-ring (bicyclic) bond motifs is 1. The summed E-state index contributed by atoms with van der Waals surface area (Å²) in [6.07, 6.45) is 4.75. The molecule has 0 radical (unpaired) electrons. The third-order valence-electron chi connectivity index (χ3n) is 4.25. The second-order valence-corrected chi connectivity index (χ2v) is 5.66. The summed E-state index contributed by atoms with van der Waals surface area (Å²) in [5.41, 5.74) is 1.98. The van der Waals surface area contributed by atoms with Gasteiger partial charge in [0, 0.05) is 19.1 Å². The zero-order valence-electron chi connectivity index (χ0n) is 12.1. The monoisotopic (exact) mass is 287 g/mol. The Morgan fingerprint density at radius 2 is 2.05 bits per heavy atom. The molecule has 21 heavy (non-hydrogen) atoms. The summed E-state index contributed by atoms with van der Waals surface area (Å²) < 4.78 is 0. The van der Waals surface area contributed by atoms with E-state index >= 15 is 0 Å². The minimum atomic E-state index is -0.130. The number of benzene rings is 1. The van der Waals surface area contributed by atoms with Crippen LogP contribution in [0.1, 0.15) is 31.4 Å². The van der Waals surface area contributed by atoms with Gasteiger partial charge in [-0.25, -0.2) is 4.98 Å². The van der Waals surface area contributed by atoms with E-state index in [2.05, 4.69) is 14.9 Å². The zero-order chi connectivity index (χ0) is 14.7. The van der Waals surface area contributed by atoms with Crippen LogP contribution in [0.2, 0.25) is 0 Å². The highest BCUT2D eigenvalue weighted by Crippen LogP contribution is 2.24. The predicted octanol–water partition coefficient (Wildman–Crippen LogP) is 1.66. The normalized spacial score (nSPS) is 16.1. The van der Waals surface area contributed by atoms with E-state index in [1.165, 1.54) is 12.8 Å². The lowest BCUT2D eigenvalue weighted by molar-refractivity contribution is 0.143. The number of hydrogen-bond acceptors (Lipinski definition) is 4. The summed E-state index contributed by atoms with van der Waals surface area (Å²) >= 11 is 0. The van der Waals surface area contributed by atoms with Crippen LogP contribution >= 0.6 is 0 Å². The first kappa shape index (κ1) is 14.2. The number of aromatic amines is 1. The molecule has 1 fully saturated rings. The van der Waals surface area contributed by atoms with Crippen molar-refractivity contribution >= 4 is 11.0 Å². The van der Waals surface area contributed by atoms with E-state index in [-0.39, 0.29) is 12.2 Å². The Kier molecular flexibility index (Phi) is 4.31. The number of aliphatic hydroxyl groups is 1. The van der Waals surface area contributed by atoms with Gasteiger partial charge < -0.3 is 10.1 Å². The molecule has 112 valence electrons. The molecule has 0 spiro atoms. The fourth-order valence-corrected chi connectivity index (χ4v) is 3.16. The van der Waals surface area contributed by atoms with Crippen molar-refractivity contribution in [1.82, 2.24) is 14.9 Å². The van der Waals surface area contributed by atoms with Crippen LogP contribution in [0, 0.1) is 0 Å². The lowest BCUT2D eigenvalue weighted by Crippen LogP contribution is -2.37. The second kappa shape index (κ2) is 6.37.